The molecule has 0 aromatic heterocycles. The largest absolute Gasteiger partial charge is 0.472 e. The van der Waals surface area contributed by atoms with E-state index in [1.165, 1.54) is 135 Å². The molecule has 0 aromatic carbocycles. The monoisotopic (exact) mass is 963 g/mol. The fourth-order valence-electron chi connectivity index (χ4n) is 7.57. The van der Waals surface area contributed by atoms with Crippen LogP contribution in [-0.4, -0.2) is 74.9 Å². The standard InChI is InChI=1S/C57H104NO8P/c1-6-8-10-12-14-16-18-20-22-23-24-25-26-27-28-29-30-31-32-33-34-35-36-38-40-42-44-46-48-50-57(60)66-55(54-65-67(61,62)64-52-51-58(3,4)5)53-63-56(59)49-47-45-43-41-39-37-21-19-17-15-13-11-9-7-2/h8,10,14,16,20,22,24-25,27-28,55H,6-7,9,11-13,15,17-19,21,23,26,29-54H2,1-5H3/p+1/b10-8-,16-14-,22-20-,25-24-,28-27-. The van der Waals surface area contributed by atoms with Gasteiger partial charge in [-0.2, -0.15) is 0 Å². The number of ether oxygens (including phenoxy) is 2. The van der Waals surface area contributed by atoms with E-state index in [1.54, 1.807) is 0 Å². The van der Waals surface area contributed by atoms with Crippen LogP contribution in [-0.2, 0) is 32.7 Å². The molecule has 0 amide bonds. The first-order valence-electron chi connectivity index (χ1n) is 27.5. The first kappa shape index (κ1) is 64.7. The molecule has 9 nitrogen and oxygen atoms in total. The molecular weight excluding hydrogens is 858 g/mol. The fourth-order valence-corrected chi connectivity index (χ4v) is 8.31. The van der Waals surface area contributed by atoms with Crippen molar-refractivity contribution < 1.29 is 42.1 Å². The molecule has 67 heavy (non-hydrogen) atoms. The SMILES string of the molecule is CC/C=C\C/C=C\C/C=C\C/C=C\C/C=C\CCCCCCCCCCCCCCCC(=O)OC(COC(=O)CCCCCCCCCCCCCCCC)COP(=O)(O)OCC[N+](C)(C)C. The molecule has 0 radical (unpaired) electrons. The Labute approximate surface area is 413 Å². The van der Waals surface area contributed by atoms with Gasteiger partial charge in [0, 0.05) is 12.8 Å². The molecule has 0 aliphatic rings. The van der Waals surface area contributed by atoms with Crippen LogP contribution >= 0.6 is 7.82 Å². The number of rotatable bonds is 50. The van der Waals surface area contributed by atoms with Crippen LogP contribution in [0.2, 0.25) is 0 Å². The van der Waals surface area contributed by atoms with Gasteiger partial charge in [0.2, 0.25) is 0 Å². The molecule has 2 unspecified atom stereocenters. The summed E-state index contributed by atoms with van der Waals surface area (Å²) in [7, 11) is 1.48. The molecule has 0 saturated heterocycles. The molecule has 1 N–H and O–H groups in total. The van der Waals surface area contributed by atoms with Gasteiger partial charge in [0.15, 0.2) is 6.10 Å². The van der Waals surface area contributed by atoms with Crippen LogP contribution in [0.25, 0.3) is 0 Å². The molecule has 2 atom stereocenters. The molecule has 0 rings (SSSR count). The van der Waals surface area contributed by atoms with Crippen molar-refractivity contribution in [2.45, 2.75) is 245 Å². The number of allylic oxidation sites excluding steroid dienone is 10. The number of hydrogen-bond donors (Lipinski definition) is 1. The maximum atomic E-state index is 12.8. The van der Waals surface area contributed by atoms with Crippen molar-refractivity contribution in [2.24, 2.45) is 0 Å². The third kappa shape index (κ3) is 52.9. The number of quaternary nitrogens is 1. The van der Waals surface area contributed by atoms with Gasteiger partial charge in [-0.05, 0) is 57.8 Å². The van der Waals surface area contributed by atoms with Gasteiger partial charge in [-0.3, -0.25) is 18.6 Å². The zero-order valence-corrected chi connectivity index (χ0v) is 45.0. The summed E-state index contributed by atoms with van der Waals surface area (Å²) >= 11 is 0. The third-order valence-electron chi connectivity index (χ3n) is 11.8. The van der Waals surface area contributed by atoms with Crippen molar-refractivity contribution in [3.8, 4) is 0 Å². The van der Waals surface area contributed by atoms with Crippen molar-refractivity contribution in [1.29, 1.82) is 0 Å². The molecule has 10 heteroatoms. The third-order valence-corrected chi connectivity index (χ3v) is 12.8. The average molecular weight is 963 g/mol. The molecule has 0 spiro atoms. The van der Waals surface area contributed by atoms with Gasteiger partial charge in [-0.15, -0.1) is 0 Å². The van der Waals surface area contributed by atoms with Gasteiger partial charge in [-0.25, -0.2) is 4.57 Å². The molecule has 390 valence electrons. The quantitative estimate of drug-likeness (QED) is 0.0211. The minimum absolute atomic E-state index is 0.0316. The van der Waals surface area contributed by atoms with Crippen molar-refractivity contribution >= 4 is 19.8 Å². The van der Waals surface area contributed by atoms with Crippen molar-refractivity contribution in [2.75, 3.05) is 47.5 Å². The lowest BCUT2D eigenvalue weighted by atomic mass is 10.0. The average Bonchev–Trinajstić information content (AvgIpc) is 3.29. The Morgan fingerprint density at radius 1 is 0.478 bits per heavy atom. The van der Waals surface area contributed by atoms with E-state index in [1.807, 2.05) is 21.1 Å². The van der Waals surface area contributed by atoms with Crippen LogP contribution in [0.5, 0.6) is 0 Å². The van der Waals surface area contributed by atoms with Crippen LogP contribution in [0.3, 0.4) is 0 Å². The number of hydrogen-bond acceptors (Lipinski definition) is 7. The smallest absolute Gasteiger partial charge is 0.462 e. The molecule has 0 bridgehead atoms. The van der Waals surface area contributed by atoms with Gasteiger partial charge >= 0.3 is 19.8 Å². The molecule has 0 aliphatic carbocycles. The summed E-state index contributed by atoms with van der Waals surface area (Å²) < 4.78 is 34.5. The lowest BCUT2D eigenvalue weighted by Gasteiger charge is -2.24. The number of nitrogens with zero attached hydrogens (tertiary/aromatic N) is 1. The summed E-state index contributed by atoms with van der Waals surface area (Å²) in [5.41, 5.74) is 0. The van der Waals surface area contributed by atoms with E-state index in [0.29, 0.717) is 23.9 Å². The predicted octanol–water partition coefficient (Wildman–Crippen LogP) is 16.8. The maximum Gasteiger partial charge on any atom is 0.472 e. The Kier molecular flexibility index (Phi) is 47.1. The second kappa shape index (κ2) is 48.7. The highest BCUT2D eigenvalue weighted by Crippen LogP contribution is 2.43. The fraction of sp³-hybridized carbons (Fsp3) is 0.789. The van der Waals surface area contributed by atoms with Gasteiger partial charge in [-0.1, -0.05) is 229 Å². The Hall–Kier alpha value is -2.29. The number of carbonyl (C=O) groups excluding carboxylic acids is 2. The van der Waals surface area contributed by atoms with E-state index in [0.717, 1.165) is 70.6 Å². The van der Waals surface area contributed by atoms with E-state index >= 15 is 0 Å². The summed E-state index contributed by atoms with van der Waals surface area (Å²) in [5.74, 6) is -0.792. The highest BCUT2D eigenvalue weighted by atomic mass is 31.2. The minimum Gasteiger partial charge on any atom is -0.462 e. The molecule has 0 saturated carbocycles. The molecule has 0 fully saturated rings. The molecular formula is C57H105NO8P+. The van der Waals surface area contributed by atoms with Crippen molar-refractivity contribution in [1.82, 2.24) is 0 Å². The zero-order chi connectivity index (χ0) is 49.2. The number of unbranched alkanes of at least 4 members (excludes halogenated alkanes) is 26. The van der Waals surface area contributed by atoms with E-state index in [-0.39, 0.29) is 25.6 Å². The lowest BCUT2D eigenvalue weighted by Crippen LogP contribution is -2.37. The van der Waals surface area contributed by atoms with Gasteiger partial charge in [0.1, 0.15) is 19.8 Å². The van der Waals surface area contributed by atoms with Crippen LogP contribution in [0.4, 0.5) is 0 Å². The number of phosphoric acid groups is 1. The van der Waals surface area contributed by atoms with E-state index < -0.39 is 26.5 Å². The van der Waals surface area contributed by atoms with Crippen molar-refractivity contribution in [3.05, 3.63) is 60.8 Å². The highest BCUT2D eigenvalue weighted by Gasteiger charge is 2.27. The summed E-state index contributed by atoms with van der Waals surface area (Å²) in [6.07, 6.45) is 61.4. The predicted molar refractivity (Wildman–Crippen MR) is 284 cm³/mol. The normalized spacial score (nSPS) is 13.8. The van der Waals surface area contributed by atoms with E-state index in [4.69, 9.17) is 18.5 Å². The van der Waals surface area contributed by atoms with Gasteiger partial charge in [0.05, 0.1) is 27.7 Å². The van der Waals surface area contributed by atoms with Crippen molar-refractivity contribution in [3.63, 3.8) is 0 Å². The number of likely N-dealkylation sites (N-methyl/N-ethyl adjacent to an activating group) is 1. The first-order chi connectivity index (χ1) is 32.5. The Balaban J connectivity index is 4.13. The summed E-state index contributed by atoms with van der Waals surface area (Å²) in [6, 6.07) is 0. The second-order valence-electron chi connectivity index (χ2n) is 19.6. The summed E-state index contributed by atoms with van der Waals surface area (Å²) in [6.45, 7) is 4.33. The van der Waals surface area contributed by atoms with Crippen LogP contribution in [0.1, 0.15) is 239 Å². The highest BCUT2D eigenvalue weighted by molar-refractivity contribution is 7.47. The Morgan fingerprint density at radius 3 is 1.27 bits per heavy atom. The zero-order valence-electron chi connectivity index (χ0n) is 44.1. The minimum atomic E-state index is -4.38. The Morgan fingerprint density at radius 2 is 0.851 bits per heavy atom. The second-order valence-corrected chi connectivity index (χ2v) is 21.0. The van der Waals surface area contributed by atoms with E-state index in [2.05, 4.69) is 74.6 Å². The summed E-state index contributed by atoms with van der Waals surface area (Å²) in [5, 5.41) is 0. The first-order valence-corrected chi connectivity index (χ1v) is 29.0. The summed E-state index contributed by atoms with van der Waals surface area (Å²) in [4.78, 5) is 35.6. The number of phosphoric ester groups is 1. The van der Waals surface area contributed by atoms with E-state index in [9.17, 15) is 19.0 Å². The molecule has 0 aromatic rings. The topological polar surface area (TPSA) is 108 Å². The molecule has 0 heterocycles. The number of carbonyl (C=O) groups is 2. The molecule has 0 aliphatic heterocycles. The van der Waals surface area contributed by atoms with Crippen LogP contribution in [0, 0.1) is 0 Å². The van der Waals surface area contributed by atoms with Gasteiger partial charge in [0.25, 0.3) is 0 Å². The van der Waals surface area contributed by atoms with Crippen LogP contribution < -0.4 is 0 Å². The van der Waals surface area contributed by atoms with Gasteiger partial charge < -0.3 is 18.9 Å². The Bertz CT molecular complexity index is 1320. The lowest BCUT2D eigenvalue weighted by molar-refractivity contribution is -0.870. The van der Waals surface area contributed by atoms with Crippen LogP contribution in [0.15, 0.2) is 60.8 Å². The maximum absolute atomic E-state index is 12.8. The number of esters is 2.